The lowest BCUT2D eigenvalue weighted by molar-refractivity contribution is 0.0694. The molecule has 98 valence electrons. The van der Waals surface area contributed by atoms with Gasteiger partial charge in [-0.2, -0.15) is 0 Å². The zero-order valence-corrected chi connectivity index (χ0v) is 13.0. The topological polar surface area (TPSA) is 59.4 Å². The van der Waals surface area contributed by atoms with Gasteiger partial charge in [0.15, 0.2) is 0 Å². The van der Waals surface area contributed by atoms with E-state index in [4.69, 9.17) is 9.84 Å². The molecule has 0 atom stereocenters. The van der Waals surface area contributed by atoms with Crippen LogP contribution in [0.15, 0.2) is 39.4 Å². The number of halogens is 2. The maximum absolute atomic E-state index is 11.2. The Bertz CT molecular complexity index is 644. The Morgan fingerprint density at radius 2 is 2.11 bits per heavy atom. The van der Waals surface area contributed by atoms with Gasteiger partial charge in [-0.1, -0.05) is 12.1 Å². The zero-order chi connectivity index (χ0) is 14.0. The number of nitrogens with zero attached hydrogens (tertiary/aromatic N) is 1. The van der Waals surface area contributed by atoms with Crippen LogP contribution in [0.5, 0.6) is 11.6 Å². The summed E-state index contributed by atoms with van der Waals surface area (Å²) in [4.78, 5) is 15.3. The number of carboxylic acid groups (broad SMARTS) is 1. The molecule has 0 unspecified atom stereocenters. The number of hydrogen-bond acceptors (Lipinski definition) is 3. The largest absolute Gasteiger partial charge is 0.478 e. The molecule has 0 fully saturated rings. The van der Waals surface area contributed by atoms with E-state index in [0.717, 1.165) is 10.0 Å². The predicted molar refractivity (Wildman–Crippen MR) is 77.8 cm³/mol. The summed E-state index contributed by atoms with van der Waals surface area (Å²) >= 11 is 6.62. The van der Waals surface area contributed by atoms with Crippen molar-refractivity contribution in [1.29, 1.82) is 0 Å². The molecule has 6 heteroatoms. The van der Waals surface area contributed by atoms with Gasteiger partial charge in [0.2, 0.25) is 5.88 Å². The van der Waals surface area contributed by atoms with Crippen LogP contribution in [0.1, 0.15) is 15.9 Å². The van der Waals surface area contributed by atoms with Gasteiger partial charge in [0.05, 0.1) is 4.47 Å². The Labute approximate surface area is 126 Å². The van der Waals surface area contributed by atoms with Gasteiger partial charge >= 0.3 is 5.97 Å². The van der Waals surface area contributed by atoms with E-state index in [0.29, 0.717) is 16.1 Å². The molecule has 0 bridgehead atoms. The van der Waals surface area contributed by atoms with Crippen molar-refractivity contribution in [2.75, 3.05) is 0 Å². The van der Waals surface area contributed by atoms with Gasteiger partial charge in [0.25, 0.3) is 0 Å². The lowest BCUT2D eigenvalue weighted by Gasteiger charge is -2.11. The van der Waals surface area contributed by atoms with Crippen LogP contribution in [0, 0.1) is 6.92 Å². The van der Waals surface area contributed by atoms with Crippen molar-refractivity contribution in [3.63, 3.8) is 0 Å². The van der Waals surface area contributed by atoms with E-state index in [9.17, 15) is 4.79 Å². The van der Waals surface area contributed by atoms with E-state index >= 15 is 0 Å². The van der Waals surface area contributed by atoms with Crippen LogP contribution in [0.4, 0.5) is 0 Å². The Morgan fingerprint density at radius 1 is 1.37 bits per heavy atom. The fourth-order valence-corrected chi connectivity index (χ4v) is 2.60. The molecule has 0 saturated heterocycles. The Hall–Kier alpha value is -1.40. The van der Waals surface area contributed by atoms with Gasteiger partial charge < -0.3 is 9.84 Å². The molecule has 0 aliphatic rings. The van der Waals surface area contributed by atoms with Gasteiger partial charge in [0, 0.05) is 10.7 Å². The first-order valence-corrected chi connectivity index (χ1v) is 6.89. The lowest BCUT2D eigenvalue weighted by atomic mass is 10.1. The van der Waals surface area contributed by atoms with E-state index in [2.05, 4.69) is 36.8 Å². The quantitative estimate of drug-likeness (QED) is 0.848. The van der Waals surface area contributed by atoms with E-state index in [-0.39, 0.29) is 5.56 Å². The molecule has 1 aromatic carbocycles. The smallest absolute Gasteiger partial charge is 0.339 e. The highest BCUT2D eigenvalue weighted by molar-refractivity contribution is 9.11. The third-order valence-corrected chi connectivity index (χ3v) is 3.42. The number of aromatic carboxylic acids is 1. The summed E-state index contributed by atoms with van der Waals surface area (Å²) in [5.74, 6) is -0.419. The van der Waals surface area contributed by atoms with Crippen molar-refractivity contribution in [3.05, 3.63) is 50.5 Å². The predicted octanol–water partition coefficient (Wildman–Crippen LogP) is 4.41. The van der Waals surface area contributed by atoms with Crippen LogP contribution >= 0.6 is 31.9 Å². The fraction of sp³-hybridized carbons (Fsp3) is 0.0769. The molecular weight excluding hydrogens is 378 g/mol. The second kappa shape index (κ2) is 5.71. The van der Waals surface area contributed by atoms with E-state index in [1.807, 2.05) is 0 Å². The molecule has 4 nitrogen and oxygen atoms in total. The van der Waals surface area contributed by atoms with E-state index < -0.39 is 5.97 Å². The Morgan fingerprint density at radius 3 is 2.74 bits per heavy atom. The standard InChI is InChI=1S/C13H9Br2NO3/c1-7-3-2-4-9(13(17)18)11(7)19-12-10(15)5-8(14)6-16-12/h2-6H,1H3,(H,17,18). The number of carboxylic acids is 1. The summed E-state index contributed by atoms with van der Waals surface area (Å²) in [5, 5.41) is 9.16. The molecular formula is C13H9Br2NO3. The fourth-order valence-electron chi connectivity index (χ4n) is 1.53. The van der Waals surface area contributed by atoms with Crippen molar-refractivity contribution >= 4 is 37.8 Å². The molecule has 1 N–H and O–H groups in total. The highest BCUT2D eigenvalue weighted by Gasteiger charge is 2.16. The summed E-state index contributed by atoms with van der Waals surface area (Å²) in [7, 11) is 0. The molecule has 0 aliphatic carbocycles. The highest BCUT2D eigenvalue weighted by Crippen LogP contribution is 2.33. The molecule has 0 amide bonds. The molecule has 0 aliphatic heterocycles. The van der Waals surface area contributed by atoms with Crippen molar-refractivity contribution in [1.82, 2.24) is 4.98 Å². The number of rotatable bonds is 3. The van der Waals surface area contributed by atoms with Crippen molar-refractivity contribution < 1.29 is 14.6 Å². The van der Waals surface area contributed by atoms with Crippen LogP contribution in [-0.2, 0) is 0 Å². The number of pyridine rings is 1. The summed E-state index contributed by atoms with van der Waals surface area (Å²) in [5.41, 5.74) is 0.841. The maximum Gasteiger partial charge on any atom is 0.339 e. The van der Waals surface area contributed by atoms with Gasteiger partial charge in [-0.05, 0) is 56.5 Å². The van der Waals surface area contributed by atoms with Crippen LogP contribution in [0.2, 0.25) is 0 Å². The number of hydrogen-bond donors (Lipinski definition) is 1. The van der Waals surface area contributed by atoms with E-state index in [1.54, 1.807) is 31.3 Å². The first-order chi connectivity index (χ1) is 8.99. The molecule has 0 radical (unpaired) electrons. The minimum Gasteiger partial charge on any atom is -0.478 e. The summed E-state index contributed by atoms with van der Waals surface area (Å²) in [6.45, 7) is 1.79. The number of carbonyl (C=O) groups is 1. The van der Waals surface area contributed by atoms with Gasteiger partial charge in [-0.25, -0.2) is 9.78 Å². The monoisotopic (exact) mass is 385 g/mol. The van der Waals surface area contributed by atoms with Gasteiger partial charge in [-0.3, -0.25) is 0 Å². The second-order valence-electron chi connectivity index (χ2n) is 3.80. The number of benzene rings is 1. The minimum atomic E-state index is -1.04. The molecule has 0 saturated carbocycles. The summed E-state index contributed by atoms with van der Waals surface area (Å²) in [6.07, 6.45) is 1.58. The first kappa shape index (κ1) is 14.0. The van der Waals surface area contributed by atoms with E-state index in [1.165, 1.54) is 6.07 Å². The van der Waals surface area contributed by atoms with Crippen molar-refractivity contribution in [3.8, 4) is 11.6 Å². The number of aromatic nitrogens is 1. The molecule has 1 heterocycles. The van der Waals surface area contributed by atoms with Crippen LogP contribution in [-0.4, -0.2) is 16.1 Å². The third-order valence-electron chi connectivity index (χ3n) is 2.42. The SMILES string of the molecule is Cc1cccc(C(=O)O)c1Oc1ncc(Br)cc1Br. The molecule has 2 rings (SSSR count). The Kier molecular flexibility index (Phi) is 4.21. The summed E-state index contributed by atoms with van der Waals surface area (Å²) < 4.78 is 7.07. The lowest BCUT2D eigenvalue weighted by Crippen LogP contribution is -2.02. The molecule has 2 aromatic rings. The van der Waals surface area contributed by atoms with Gasteiger partial charge in [-0.15, -0.1) is 0 Å². The van der Waals surface area contributed by atoms with Crippen molar-refractivity contribution in [2.24, 2.45) is 0 Å². The molecule has 1 aromatic heterocycles. The maximum atomic E-state index is 11.2. The minimum absolute atomic E-state index is 0.108. The Balaban J connectivity index is 2.46. The number of aryl methyl sites for hydroxylation is 1. The van der Waals surface area contributed by atoms with Crippen LogP contribution < -0.4 is 4.74 Å². The van der Waals surface area contributed by atoms with Crippen molar-refractivity contribution in [2.45, 2.75) is 6.92 Å². The average Bonchev–Trinajstić information content (AvgIpc) is 2.34. The highest BCUT2D eigenvalue weighted by atomic mass is 79.9. The number of ether oxygens (including phenoxy) is 1. The first-order valence-electron chi connectivity index (χ1n) is 5.31. The van der Waals surface area contributed by atoms with Crippen LogP contribution in [0.3, 0.4) is 0 Å². The second-order valence-corrected chi connectivity index (χ2v) is 5.57. The molecule has 0 spiro atoms. The third kappa shape index (κ3) is 3.13. The summed E-state index contributed by atoms with van der Waals surface area (Å²) in [6, 6.07) is 6.74. The zero-order valence-electron chi connectivity index (χ0n) is 9.85. The normalized spacial score (nSPS) is 10.3. The number of para-hydroxylation sites is 1. The average molecular weight is 387 g/mol. The molecule has 19 heavy (non-hydrogen) atoms. The van der Waals surface area contributed by atoms with Crippen LogP contribution in [0.25, 0.3) is 0 Å². The van der Waals surface area contributed by atoms with Gasteiger partial charge in [0.1, 0.15) is 11.3 Å².